The zero-order valence-electron chi connectivity index (χ0n) is 17.2. The molecule has 4 rings (SSSR count). The molecule has 0 bridgehead atoms. The number of aromatic nitrogens is 4. The number of aryl methyl sites for hydroxylation is 1. The maximum atomic E-state index is 11.7. The highest BCUT2D eigenvalue weighted by Gasteiger charge is 2.44. The van der Waals surface area contributed by atoms with Crippen LogP contribution in [0.25, 0.3) is 11.2 Å². The average molecular weight is 429 g/mol. The highest BCUT2D eigenvalue weighted by molar-refractivity contribution is 5.98. The number of ether oxygens (including phenoxy) is 2. The minimum atomic E-state index is -1.19. The number of hydrogen-bond donors (Lipinski definition) is 4. The Kier molecular flexibility index (Phi) is 5.58. The van der Waals surface area contributed by atoms with Gasteiger partial charge in [0, 0.05) is 12.8 Å². The van der Waals surface area contributed by atoms with E-state index in [9.17, 15) is 20.1 Å². The molecule has 0 radical (unpaired) electrons. The minimum absolute atomic E-state index is 0.108. The number of hydrogen-bond acceptors (Lipinski definition) is 10. The van der Waals surface area contributed by atoms with E-state index in [1.807, 2.05) is 0 Å². The summed E-state index contributed by atoms with van der Waals surface area (Å²) in [7, 11) is 1.48. The van der Waals surface area contributed by atoms with E-state index in [1.54, 1.807) is 13.0 Å². The summed E-state index contributed by atoms with van der Waals surface area (Å²) in [6.07, 6.45) is -2.45. The minimum Gasteiger partial charge on any atom is -0.507 e. The first-order valence-corrected chi connectivity index (χ1v) is 9.62. The predicted octanol–water partition coefficient (Wildman–Crippen LogP) is 1.05. The van der Waals surface area contributed by atoms with Crippen molar-refractivity contribution in [2.75, 3.05) is 19.0 Å². The molecule has 1 fully saturated rings. The topological polar surface area (TPSA) is 152 Å². The Hall–Kier alpha value is -3.12. The molecule has 1 aliphatic rings. The number of phenolic OH excluding ortho intramolecular Hbond substituents is 1. The number of benzene rings is 1. The Bertz CT molecular complexity index is 1130. The molecule has 11 heteroatoms. The van der Waals surface area contributed by atoms with Gasteiger partial charge in [-0.25, -0.2) is 15.0 Å². The first-order valence-electron chi connectivity index (χ1n) is 9.62. The number of nitrogens with zero attached hydrogens (tertiary/aromatic N) is 4. The number of methoxy groups -OCH3 is 1. The zero-order chi connectivity index (χ0) is 22.3. The van der Waals surface area contributed by atoms with Crippen molar-refractivity contribution in [1.82, 2.24) is 19.5 Å². The zero-order valence-corrected chi connectivity index (χ0v) is 17.2. The number of carbonyl (C=O) groups is 1. The molecule has 3 heterocycles. The third-order valence-electron chi connectivity index (χ3n) is 5.11. The van der Waals surface area contributed by atoms with E-state index >= 15 is 0 Å². The van der Waals surface area contributed by atoms with Gasteiger partial charge in [0.25, 0.3) is 0 Å². The Morgan fingerprint density at radius 2 is 2.06 bits per heavy atom. The molecule has 164 valence electrons. The Labute approximate surface area is 177 Å². The molecule has 0 spiro atoms. The van der Waals surface area contributed by atoms with E-state index in [0.717, 1.165) is 0 Å². The lowest BCUT2D eigenvalue weighted by molar-refractivity contribution is -0.0580. The van der Waals surface area contributed by atoms with Gasteiger partial charge in [-0.15, -0.1) is 0 Å². The van der Waals surface area contributed by atoms with Crippen molar-refractivity contribution in [3.63, 3.8) is 0 Å². The summed E-state index contributed by atoms with van der Waals surface area (Å²) in [5, 5.41) is 33.7. The smallest absolute Gasteiger partial charge is 0.167 e. The van der Waals surface area contributed by atoms with Crippen molar-refractivity contribution in [3.05, 3.63) is 35.9 Å². The van der Waals surface area contributed by atoms with Crippen molar-refractivity contribution in [2.45, 2.75) is 38.4 Å². The second-order valence-corrected chi connectivity index (χ2v) is 7.36. The van der Waals surface area contributed by atoms with Crippen molar-refractivity contribution in [1.29, 1.82) is 0 Å². The first-order chi connectivity index (χ1) is 14.8. The van der Waals surface area contributed by atoms with Crippen LogP contribution in [0.2, 0.25) is 0 Å². The van der Waals surface area contributed by atoms with Crippen LogP contribution in [0.1, 0.15) is 29.3 Å². The molecule has 0 unspecified atom stereocenters. The highest BCUT2D eigenvalue weighted by atomic mass is 16.6. The number of aromatic hydroxyl groups is 1. The fourth-order valence-corrected chi connectivity index (χ4v) is 3.59. The van der Waals surface area contributed by atoms with Crippen LogP contribution < -0.4 is 5.32 Å². The molecular weight excluding hydrogens is 406 g/mol. The van der Waals surface area contributed by atoms with Crippen molar-refractivity contribution in [2.24, 2.45) is 0 Å². The van der Waals surface area contributed by atoms with Gasteiger partial charge in [-0.1, -0.05) is 0 Å². The monoisotopic (exact) mass is 429 g/mol. The number of Topliss-reactive ketones (excluding diaryl/α,β-unsaturated/α-hetero) is 1. The maximum Gasteiger partial charge on any atom is 0.167 e. The molecule has 1 saturated heterocycles. The average Bonchev–Trinajstić information content (AvgIpc) is 3.25. The van der Waals surface area contributed by atoms with Crippen LogP contribution in [0.15, 0.2) is 24.5 Å². The van der Waals surface area contributed by atoms with E-state index in [1.165, 1.54) is 37.1 Å². The van der Waals surface area contributed by atoms with Gasteiger partial charge in [0.1, 0.15) is 29.9 Å². The first kappa shape index (κ1) is 21.1. The van der Waals surface area contributed by atoms with Gasteiger partial charge in [0.05, 0.1) is 18.5 Å². The molecule has 1 aliphatic heterocycles. The standard InChI is InChI=1S/C20H23N5O6/c1-9(26)12-6-11(4-5-13(12)27)24-18-15-19(23-10(2)22-18)25(8-21-15)20-17(29)16(28)14(31-20)7-30-3/h4-6,8,14,16-17,20,27-29H,7H2,1-3H3,(H,22,23,24)/t14-,16-,17-,20-/m1/s1. The van der Waals surface area contributed by atoms with Gasteiger partial charge >= 0.3 is 0 Å². The van der Waals surface area contributed by atoms with Gasteiger partial charge in [-0.2, -0.15) is 0 Å². The van der Waals surface area contributed by atoms with Gasteiger partial charge < -0.3 is 30.1 Å². The number of phenols is 1. The fraction of sp³-hybridized carbons (Fsp3) is 0.400. The van der Waals surface area contributed by atoms with Crippen LogP contribution >= 0.6 is 0 Å². The van der Waals surface area contributed by atoms with Crippen LogP contribution in [-0.2, 0) is 9.47 Å². The number of ketones is 1. The molecule has 31 heavy (non-hydrogen) atoms. The Morgan fingerprint density at radius 1 is 1.29 bits per heavy atom. The second kappa shape index (κ2) is 8.19. The number of aliphatic hydroxyl groups excluding tert-OH is 2. The van der Waals surface area contributed by atoms with Gasteiger partial charge in [-0.05, 0) is 32.0 Å². The second-order valence-electron chi connectivity index (χ2n) is 7.36. The molecule has 0 saturated carbocycles. The largest absolute Gasteiger partial charge is 0.507 e. The van der Waals surface area contributed by atoms with Crippen LogP contribution in [0.4, 0.5) is 11.5 Å². The molecule has 3 aromatic rings. The van der Waals surface area contributed by atoms with Crippen molar-refractivity contribution in [3.8, 4) is 5.75 Å². The number of aliphatic hydroxyl groups is 2. The highest BCUT2D eigenvalue weighted by Crippen LogP contribution is 2.33. The molecule has 4 N–H and O–H groups in total. The number of nitrogens with one attached hydrogen (secondary N) is 1. The van der Waals surface area contributed by atoms with Crippen LogP contribution in [0.5, 0.6) is 5.75 Å². The molecule has 2 aromatic heterocycles. The molecule has 11 nitrogen and oxygen atoms in total. The number of carbonyl (C=O) groups excluding carboxylic acids is 1. The lowest BCUT2D eigenvalue weighted by Crippen LogP contribution is -2.33. The number of anilines is 2. The van der Waals surface area contributed by atoms with E-state index in [-0.39, 0.29) is 23.7 Å². The Balaban J connectivity index is 1.71. The number of fused-ring (bicyclic) bond motifs is 1. The summed E-state index contributed by atoms with van der Waals surface area (Å²) < 4.78 is 12.4. The van der Waals surface area contributed by atoms with Gasteiger partial charge in [-0.3, -0.25) is 9.36 Å². The van der Waals surface area contributed by atoms with E-state index in [2.05, 4.69) is 20.3 Å². The van der Waals surface area contributed by atoms with E-state index in [4.69, 9.17) is 9.47 Å². The fourth-order valence-electron chi connectivity index (χ4n) is 3.59. The van der Waals surface area contributed by atoms with Crippen molar-refractivity contribution < 1.29 is 29.6 Å². The maximum absolute atomic E-state index is 11.7. The summed E-state index contributed by atoms with van der Waals surface area (Å²) in [5.74, 6) is 0.431. The summed E-state index contributed by atoms with van der Waals surface area (Å²) >= 11 is 0. The predicted molar refractivity (Wildman–Crippen MR) is 109 cm³/mol. The summed E-state index contributed by atoms with van der Waals surface area (Å²) in [4.78, 5) is 24.9. The SMILES string of the molecule is COC[C@H]1O[C@@H](n2cnc3c(Nc4ccc(O)c(C(C)=O)c4)nc(C)nc32)[C@H](O)[C@@H]1O. The summed E-state index contributed by atoms with van der Waals surface area (Å²) in [5.41, 5.74) is 1.52. The Morgan fingerprint density at radius 3 is 2.77 bits per heavy atom. The molecule has 0 aliphatic carbocycles. The third kappa shape index (κ3) is 3.83. The molecule has 1 aromatic carbocycles. The number of rotatable bonds is 6. The normalized spacial score (nSPS) is 23.4. The summed E-state index contributed by atoms with van der Waals surface area (Å²) in [6, 6.07) is 4.55. The summed E-state index contributed by atoms with van der Waals surface area (Å²) in [6.45, 7) is 3.20. The lowest BCUT2D eigenvalue weighted by atomic mass is 10.1. The molecule has 4 atom stereocenters. The van der Waals surface area contributed by atoms with Gasteiger partial charge in [0.2, 0.25) is 0 Å². The van der Waals surface area contributed by atoms with Gasteiger partial charge in [0.15, 0.2) is 29.0 Å². The van der Waals surface area contributed by atoms with Crippen molar-refractivity contribution >= 4 is 28.5 Å². The molecular formula is C20H23N5O6. The van der Waals surface area contributed by atoms with E-state index < -0.39 is 24.5 Å². The quantitative estimate of drug-likeness (QED) is 0.330. The molecule has 0 amide bonds. The lowest BCUT2D eigenvalue weighted by Gasteiger charge is -2.17. The van der Waals surface area contributed by atoms with Crippen LogP contribution in [0.3, 0.4) is 0 Å². The van der Waals surface area contributed by atoms with Crippen LogP contribution in [0, 0.1) is 6.92 Å². The van der Waals surface area contributed by atoms with Crippen LogP contribution in [-0.4, -0.2) is 72.7 Å². The third-order valence-corrected chi connectivity index (χ3v) is 5.11. The number of imidazole rings is 1. The van der Waals surface area contributed by atoms with E-state index in [0.29, 0.717) is 28.5 Å².